The Hall–Kier alpha value is -2.04. The van der Waals surface area contributed by atoms with Crippen LogP contribution in [-0.4, -0.2) is 31.4 Å². The molecule has 3 N–H and O–H groups in total. The predicted molar refractivity (Wildman–Crippen MR) is 74.2 cm³/mol. The second kappa shape index (κ2) is 5.73. The Balaban J connectivity index is 2.07. The normalized spacial score (nSPS) is 18.6. The molecule has 1 aliphatic rings. The summed E-state index contributed by atoms with van der Waals surface area (Å²) in [5, 5.41) is 8.59. The minimum atomic E-state index is -0.412. The summed E-state index contributed by atoms with van der Waals surface area (Å²) in [5.74, 6) is -0.295. The maximum atomic E-state index is 12.1. The minimum Gasteiger partial charge on any atom is -0.388 e. The molecule has 0 spiro atoms. The molecule has 0 aromatic heterocycles. The largest absolute Gasteiger partial charge is 0.388 e. The van der Waals surface area contributed by atoms with E-state index in [4.69, 9.17) is 0 Å². The molecule has 5 nitrogen and oxygen atoms in total. The first-order chi connectivity index (χ1) is 9.11. The van der Waals surface area contributed by atoms with Crippen LogP contribution in [0.1, 0.15) is 28.8 Å². The van der Waals surface area contributed by atoms with E-state index in [1.165, 1.54) is 0 Å². The number of piperidine rings is 1. The monoisotopic (exact) mass is 261 g/mol. The number of carbonyl (C=O) groups is 2. The van der Waals surface area contributed by atoms with E-state index in [1.54, 1.807) is 6.07 Å². The summed E-state index contributed by atoms with van der Waals surface area (Å²) in [6.07, 6.45) is 1.60. The average molecular weight is 261 g/mol. The number of hydrogen-bond donors (Lipinski definition) is 3. The first-order valence-corrected chi connectivity index (χ1v) is 6.49. The van der Waals surface area contributed by atoms with Gasteiger partial charge in [-0.2, -0.15) is 0 Å². The lowest BCUT2D eigenvalue weighted by Crippen LogP contribution is -2.50. The molecule has 1 heterocycles. The smallest absolute Gasteiger partial charge is 0.251 e. The molecule has 19 heavy (non-hydrogen) atoms. The Morgan fingerprint density at radius 2 is 2.21 bits per heavy atom. The third-order valence-corrected chi connectivity index (χ3v) is 3.35. The van der Waals surface area contributed by atoms with Crippen molar-refractivity contribution in [2.24, 2.45) is 0 Å². The van der Waals surface area contributed by atoms with E-state index >= 15 is 0 Å². The number of amides is 2. The van der Waals surface area contributed by atoms with Gasteiger partial charge in [-0.3, -0.25) is 9.59 Å². The summed E-state index contributed by atoms with van der Waals surface area (Å²) < 4.78 is 0. The van der Waals surface area contributed by atoms with Crippen LogP contribution in [0.2, 0.25) is 0 Å². The summed E-state index contributed by atoms with van der Waals surface area (Å²) in [6, 6.07) is 5.03. The van der Waals surface area contributed by atoms with Gasteiger partial charge in [0.2, 0.25) is 5.91 Å². The van der Waals surface area contributed by atoms with Gasteiger partial charge in [0.1, 0.15) is 6.04 Å². The van der Waals surface area contributed by atoms with Crippen LogP contribution >= 0.6 is 0 Å². The van der Waals surface area contributed by atoms with Crippen LogP contribution < -0.4 is 16.0 Å². The number of rotatable bonds is 3. The maximum Gasteiger partial charge on any atom is 0.251 e. The van der Waals surface area contributed by atoms with Crippen molar-refractivity contribution in [2.45, 2.75) is 25.8 Å². The van der Waals surface area contributed by atoms with Gasteiger partial charge in [0.25, 0.3) is 5.91 Å². The van der Waals surface area contributed by atoms with Gasteiger partial charge < -0.3 is 16.0 Å². The number of benzene rings is 1. The average Bonchev–Trinajstić information content (AvgIpc) is 2.41. The highest BCUT2D eigenvalue weighted by Crippen LogP contribution is 2.16. The van der Waals surface area contributed by atoms with Gasteiger partial charge in [0.15, 0.2) is 0 Å². The van der Waals surface area contributed by atoms with Gasteiger partial charge in [-0.1, -0.05) is 0 Å². The maximum absolute atomic E-state index is 12.1. The van der Waals surface area contributed by atoms with Crippen LogP contribution in [0, 0.1) is 6.92 Å². The highest BCUT2D eigenvalue weighted by atomic mass is 16.2. The number of carbonyl (C=O) groups excluding carboxylic acids is 2. The van der Waals surface area contributed by atoms with Crippen LogP contribution in [0.25, 0.3) is 0 Å². The molecule has 0 saturated carbocycles. The molecule has 1 aromatic carbocycles. The number of hydrogen-bond acceptors (Lipinski definition) is 3. The van der Waals surface area contributed by atoms with Crippen LogP contribution in [-0.2, 0) is 4.79 Å². The molecular weight excluding hydrogens is 242 g/mol. The van der Waals surface area contributed by atoms with Crippen molar-refractivity contribution in [2.75, 3.05) is 18.9 Å². The van der Waals surface area contributed by atoms with Gasteiger partial charge in [0, 0.05) is 24.8 Å². The zero-order chi connectivity index (χ0) is 13.8. The Morgan fingerprint density at radius 3 is 2.84 bits per heavy atom. The van der Waals surface area contributed by atoms with E-state index in [9.17, 15) is 9.59 Å². The van der Waals surface area contributed by atoms with E-state index in [2.05, 4.69) is 16.0 Å². The van der Waals surface area contributed by atoms with Crippen molar-refractivity contribution in [1.29, 1.82) is 0 Å². The predicted octanol–water partition coefficient (Wildman–Crippen LogP) is 1.05. The Morgan fingerprint density at radius 1 is 1.42 bits per heavy atom. The minimum absolute atomic E-state index is 0.0943. The Labute approximate surface area is 112 Å². The summed E-state index contributed by atoms with van der Waals surface area (Å²) >= 11 is 0. The number of anilines is 1. The van der Waals surface area contributed by atoms with Crippen LogP contribution in [0.15, 0.2) is 18.2 Å². The highest BCUT2D eigenvalue weighted by Gasteiger charge is 2.24. The van der Waals surface area contributed by atoms with E-state index in [0.29, 0.717) is 18.5 Å². The van der Waals surface area contributed by atoms with E-state index in [-0.39, 0.29) is 11.8 Å². The molecule has 1 atom stereocenters. The van der Waals surface area contributed by atoms with Crippen LogP contribution in [0.3, 0.4) is 0 Å². The van der Waals surface area contributed by atoms with Crippen molar-refractivity contribution in [1.82, 2.24) is 10.6 Å². The fourth-order valence-corrected chi connectivity index (χ4v) is 2.24. The first-order valence-electron chi connectivity index (χ1n) is 6.49. The molecule has 2 rings (SSSR count). The SMILES string of the molecule is CNc1ccc(C(=O)NC2CCCNC2=O)cc1C. The van der Waals surface area contributed by atoms with Crippen LogP contribution in [0.5, 0.6) is 0 Å². The van der Waals surface area contributed by atoms with E-state index in [1.807, 2.05) is 26.1 Å². The van der Waals surface area contributed by atoms with Gasteiger partial charge in [0.05, 0.1) is 0 Å². The van der Waals surface area contributed by atoms with Gasteiger partial charge in [-0.25, -0.2) is 0 Å². The van der Waals surface area contributed by atoms with Crippen molar-refractivity contribution < 1.29 is 9.59 Å². The molecule has 1 aromatic rings. The molecule has 0 aliphatic carbocycles. The molecule has 1 aliphatic heterocycles. The summed E-state index contributed by atoms with van der Waals surface area (Å²) in [6.45, 7) is 2.64. The fourth-order valence-electron chi connectivity index (χ4n) is 2.24. The number of aryl methyl sites for hydroxylation is 1. The van der Waals surface area contributed by atoms with Crippen molar-refractivity contribution in [3.05, 3.63) is 29.3 Å². The lowest BCUT2D eigenvalue weighted by atomic mass is 10.0. The molecule has 0 bridgehead atoms. The van der Waals surface area contributed by atoms with Gasteiger partial charge in [-0.05, 0) is 43.5 Å². The molecule has 1 saturated heterocycles. The van der Waals surface area contributed by atoms with Crippen LogP contribution in [0.4, 0.5) is 5.69 Å². The Bertz CT molecular complexity index is 499. The molecule has 1 fully saturated rings. The fraction of sp³-hybridized carbons (Fsp3) is 0.429. The topological polar surface area (TPSA) is 70.2 Å². The van der Waals surface area contributed by atoms with Gasteiger partial charge in [-0.15, -0.1) is 0 Å². The lowest BCUT2D eigenvalue weighted by molar-refractivity contribution is -0.124. The number of nitrogens with one attached hydrogen (secondary N) is 3. The first kappa shape index (κ1) is 13.4. The zero-order valence-electron chi connectivity index (χ0n) is 11.2. The molecular formula is C14H19N3O2. The molecule has 5 heteroatoms. The second-order valence-electron chi connectivity index (χ2n) is 4.74. The third kappa shape index (κ3) is 3.05. The van der Waals surface area contributed by atoms with Gasteiger partial charge >= 0.3 is 0 Å². The quantitative estimate of drug-likeness (QED) is 0.761. The zero-order valence-corrected chi connectivity index (χ0v) is 11.2. The van der Waals surface area contributed by atoms with E-state index in [0.717, 1.165) is 17.7 Å². The van der Waals surface area contributed by atoms with Crippen molar-refractivity contribution >= 4 is 17.5 Å². The second-order valence-corrected chi connectivity index (χ2v) is 4.74. The Kier molecular flexibility index (Phi) is 4.04. The van der Waals surface area contributed by atoms with Crippen molar-refractivity contribution in [3.63, 3.8) is 0 Å². The highest BCUT2D eigenvalue weighted by molar-refractivity contribution is 5.98. The molecule has 102 valence electrons. The molecule has 2 amide bonds. The molecule has 1 unspecified atom stereocenters. The van der Waals surface area contributed by atoms with E-state index < -0.39 is 6.04 Å². The molecule has 0 radical (unpaired) electrons. The third-order valence-electron chi connectivity index (χ3n) is 3.35. The summed E-state index contributed by atoms with van der Waals surface area (Å²) in [4.78, 5) is 23.7. The standard InChI is InChI=1S/C14H19N3O2/c1-9-8-10(5-6-11(9)15-2)13(18)17-12-4-3-7-16-14(12)19/h5-6,8,12,15H,3-4,7H2,1-2H3,(H,16,19)(H,17,18). The van der Waals surface area contributed by atoms with Crippen molar-refractivity contribution in [3.8, 4) is 0 Å². The summed E-state index contributed by atoms with van der Waals surface area (Å²) in [7, 11) is 1.84. The summed E-state index contributed by atoms with van der Waals surface area (Å²) in [5.41, 5.74) is 2.57. The lowest BCUT2D eigenvalue weighted by Gasteiger charge is -2.22.